The molecule has 1 fully saturated rings. The second kappa shape index (κ2) is 2.74. The highest BCUT2D eigenvalue weighted by Gasteiger charge is 2.45. The number of hydrogen-bond acceptors (Lipinski definition) is 2. The number of benzene rings is 1. The van der Waals surface area contributed by atoms with Crippen LogP contribution in [0.5, 0.6) is 0 Å². The Morgan fingerprint density at radius 1 is 1.36 bits per heavy atom. The van der Waals surface area contributed by atoms with Crippen molar-refractivity contribution in [3.05, 3.63) is 24.3 Å². The van der Waals surface area contributed by atoms with E-state index in [1.807, 2.05) is 38.1 Å². The third-order valence-electron chi connectivity index (χ3n) is 2.61. The van der Waals surface area contributed by atoms with Gasteiger partial charge >= 0.3 is 0 Å². The van der Waals surface area contributed by atoms with Crippen molar-refractivity contribution in [3.63, 3.8) is 0 Å². The number of carbonyl (C=O) groups is 1. The zero-order valence-corrected chi connectivity index (χ0v) is 8.45. The molecule has 1 aromatic rings. The van der Waals surface area contributed by atoms with Crippen LogP contribution in [0.3, 0.4) is 0 Å². The van der Waals surface area contributed by atoms with E-state index in [1.54, 1.807) is 4.90 Å². The summed E-state index contributed by atoms with van der Waals surface area (Å²) in [4.78, 5) is 13.4. The smallest absolute Gasteiger partial charge is 0.234 e. The Labute approximate surface area is 83.5 Å². The van der Waals surface area contributed by atoms with E-state index >= 15 is 0 Å². The first-order valence-corrected chi connectivity index (χ1v) is 4.69. The molecule has 0 saturated carbocycles. The molecule has 0 bridgehead atoms. The summed E-state index contributed by atoms with van der Waals surface area (Å²) in [6.07, 6.45) is 0. The number of anilines is 2. The van der Waals surface area contributed by atoms with Crippen LogP contribution in [0.4, 0.5) is 11.4 Å². The van der Waals surface area contributed by atoms with Gasteiger partial charge in [0.05, 0.1) is 16.8 Å². The van der Waals surface area contributed by atoms with E-state index in [9.17, 15) is 4.79 Å². The van der Waals surface area contributed by atoms with Gasteiger partial charge in [-0.3, -0.25) is 4.79 Å². The minimum Gasteiger partial charge on any atom is -0.397 e. The molecule has 2 rings (SSSR count). The molecule has 0 aromatic heterocycles. The first-order valence-electron chi connectivity index (χ1n) is 4.69. The predicted octanol–water partition coefficient (Wildman–Crippen LogP) is 1.64. The molecule has 0 unspecified atom stereocenters. The van der Waals surface area contributed by atoms with Crippen molar-refractivity contribution < 1.29 is 4.79 Å². The largest absolute Gasteiger partial charge is 0.397 e. The lowest BCUT2D eigenvalue weighted by Gasteiger charge is -2.44. The minimum absolute atomic E-state index is 0.149. The summed E-state index contributed by atoms with van der Waals surface area (Å²) in [6.45, 7) is 4.65. The summed E-state index contributed by atoms with van der Waals surface area (Å²) in [7, 11) is 0. The van der Waals surface area contributed by atoms with Crippen LogP contribution in [-0.2, 0) is 4.79 Å². The van der Waals surface area contributed by atoms with Crippen LogP contribution < -0.4 is 10.6 Å². The fourth-order valence-electron chi connectivity index (χ4n) is 1.74. The molecular formula is C11H14N2O. The molecule has 0 radical (unpaired) electrons. The average Bonchev–Trinajstić information content (AvgIpc) is 2.15. The van der Waals surface area contributed by atoms with Crippen LogP contribution in [0.2, 0.25) is 0 Å². The highest BCUT2D eigenvalue weighted by molar-refractivity contribution is 6.05. The van der Waals surface area contributed by atoms with Gasteiger partial charge in [-0.2, -0.15) is 0 Å². The van der Waals surface area contributed by atoms with Crippen LogP contribution in [0.1, 0.15) is 13.8 Å². The summed E-state index contributed by atoms with van der Waals surface area (Å²) >= 11 is 0. The molecule has 2 N–H and O–H groups in total. The molecule has 1 saturated heterocycles. The summed E-state index contributed by atoms with van der Waals surface area (Å²) in [5.74, 6) is 0.149. The molecule has 0 atom stereocenters. The Bertz CT molecular complexity index is 385. The lowest BCUT2D eigenvalue weighted by atomic mass is 9.82. The average molecular weight is 190 g/mol. The molecule has 74 valence electrons. The Balaban J connectivity index is 2.28. The maximum atomic E-state index is 11.7. The van der Waals surface area contributed by atoms with E-state index in [0.29, 0.717) is 5.69 Å². The number of para-hydroxylation sites is 2. The first-order chi connectivity index (χ1) is 6.52. The second-order valence-corrected chi connectivity index (χ2v) is 4.33. The van der Waals surface area contributed by atoms with Crippen molar-refractivity contribution >= 4 is 17.3 Å². The topological polar surface area (TPSA) is 46.3 Å². The molecule has 1 aromatic carbocycles. The number of β-lactam (4-membered cyclic amide) rings is 1. The fourth-order valence-corrected chi connectivity index (χ4v) is 1.74. The van der Waals surface area contributed by atoms with E-state index in [2.05, 4.69) is 0 Å². The normalized spacial score (nSPS) is 19.3. The van der Waals surface area contributed by atoms with Crippen molar-refractivity contribution in [2.45, 2.75) is 13.8 Å². The van der Waals surface area contributed by atoms with E-state index in [1.165, 1.54) is 0 Å². The van der Waals surface area contributed by atoms with Gasteiger partial charge in [-0.1, -0.05) is 12.1 Å². The van der Waals surface area contributed by atoms with Gasteiger partial charge < -0.3 is 10.6 Å². The van der Waals surface area contributed by atoms with Gasteiger partial charge in [0.2, 0.25) is 5.91 Å². The number of nitrogens with two attached hydrogens (primary N) is 1. The van der Waals surface area contributed by atoms with Crippen LogP contribution in [0, 0.1) is 5.41 Å². The van der Waals surface area contributed by atoms with Gasteiger partial charge in [-0.25, -0.2) is 0 Å². The Morgan fingerprint density at radius 2 is 2.00 bits per heavy atom. The van der Waals surface area contributed by atoms with Gasteiger partial charge in [-0.05, 0) is 26.0 Å². The maximum Gasteiger partial charge on any atom is 0.234 e. The molecule has 3 heteroatoms. The predicted molar refractivity (Wildman–Crippen MR) is 57.0 cm³/mol. The number of nitrogen functional groups attached to an aromatic ring is 1. The number of nitrogens with zero attached hydrogens (tertiary/aromatic N) is 1. The molecule has 1 heterocycles. The van der Waals surface area contributed by atoms with E-state index < -0.39 is 0 Å². The Morgan fingerprint density at radius 3 is 2.50 bits per heavy atom. The lowest BCUT2D eigenvalue weighted by Crippen LogP contribution is -2.58. The maximum absolute atomic E-state index is 11.7. The lowest BCUT2D eigenvalue weighted by molar-refractivity contribution is -0.132. The van der Waals surface area contributed by atoms with Crippen LogP contribution in [0.15, 0.2) is 24.3 Å². The second-order valence-electron chi connectivity index (χ2n) is 4.33. The van der Waals surface area contributed by atoms with Crippen molar-refractivity contribution in [1.82, 2.24) is 0 Å². The molecule has 14 heavy (non-hydrogen) atoms. The van der Waals surface area contributed by atoms with Gasteiger partial charge in [-0.15, -0.1) is 0 Å². The van der Waals surface area contributed by atoms with Crippen LogP contribution >= 0.6 is 0 Å². The molecule has 1 aliphatic heterocycles. The third-order valence-corrected chi connectivity index (χ3v) is 2.61. The van der Waals surface area contributed by atoms with Crippen molar-refractivity contribution in [3.8, 4) is 0 Å². The van der Waals surface area contributed by atoms with E-state index in [-0.39, 0.29) is 11.3 Å². The zero-order valence-electron chi connectivity index (χ0n) is 8.45. The Kier molecular flexibility index (Phi) is 1.77. The minimum atomic E-state index is -0.220. The van der Waals surface area contributed by atoms with Gasteiger partial charge in [0.1, 0.15) is 0 Å². The molecule has 0 spiro atoms. The highest BCUT2D eigenvalue weighted by Crippen LogP contribution is 2.37. The van der Waals surface area contributed by atoms with Crippen molar-refractivity contribution in [2.75, 3.05) is 17.2 Å². The molecule has 0 aliphatic carbocycles. The van der Waals surface area contributed by atoms with E-state index in [4.69, 9.17) is 5.73 Å². The monoisotopic (exact) mass is 190 g/mol. The van der Waals surface area contributed by atoms with Gasteiger partial charge in [0.25, 0.3) is 0 Å². The van der Waals surface area contributed by atoms with Gasteiger partial charge in [0.15, 0.2) is 0 Å². The summed E-state index contributed by atoms with van der Waals surface area (Å²) in [5.41, 5.74) is 7.06. The Hall–Kier alpha value is -1.51. The summed E-state index contributed by atoms with van der Waals surface area (Å²) in [5, 5.41) is 0. The van der Waals surface area contributed by atoms with Crippen LogP contribution in [0.25, 0.3) is 0 Å². The standard InChI is InChI=1S/C11H14N2O/c1-11(2)7-13(10(11)14)9-6-4-3-5-8(9)12/h3-6H,7,12H2,1-2H3. The number of amides is 1. The molecule has 1 amide bonds. The molecule has 1 aliphatic rings. The number of carbonyl (C=O) groups excluding carboxylic acids is 1. The zero-order chi connectivity index (χ0) is 10.3. The molecular weight excluding hydrogens is 176 g/mol. The van der Waals surface area contributed by atoms with E-state index in [0.717, 1.165) is 12.2 Å². The highest BCUT2D eigenvalue weighted by atomic mass is 16.2. The van der Waals surface area contributed by atoms with Crippen molar-refractivity contribution in [2.24, 2.45) is 5.41 Å². The summed E-state index contributed by atoms with van der Waals surface area (Å²) in [6, 6.07) is 7.45. The summed E-state index contributed by atoms with van der Waals surface area (Å²) < 4.78 is 0. The number of hydrogen-bond donors (Lipinski definition) is 1. The molecule has 3 nitrogen and oxygen atoms in total. The quantitative estimate of drug-likeness (QED) is 0.540. The van der Waals surface area contributed by atoms with Gasteiger partial charge in [0, 0.05) is 6.54 Å². The van der Waals surface area contributed by atoms with Crippen molar-refractivity contribution in [1.29, 1.82) is 0 Å². The van der Waals surface area contributed by atoms with Crippen LogP contribution in [-0.4, -0.2) is 12.5 Å². The SMILES string of the molecule is CC1(C)CN(c2ccccc2N)C1=O. The number of rotatable bonds is 1. The first kappa shape index (κ1) is 9.06. The fraction of sp³-hybridized carbons (Fsp3) is 0.364. The third kappa shape index (κ3) is 1.16.